The molecule has 0 heterocycles. The molecule has 0 fully saturated rings. The maximum Gasteiger partial charge on any atom is 0.302 e. The molecular formula is C12H20O4. The van der Waals surface area contributed by atoms with Crippen LogP contribution >= 0.6 is 0 Å². The normalized spacial score (nSPS) is 13.2. The van der Waals surface area contributed by atoms with Crippen LogP contribution in [0.25, 0.3) is 0 Å². The van der Waals surface area contributed by atoms with Gasteiger partial charge in [0.2, 0.25) is 0 Å². The molecule has 0 aromatic carbocycles. The summed E-state index contributed by atoms with van der Waals surface area (Å²) in [6.07, 6.45) is 6.25. The predicted molar refractivity (Wildman–Crippen MR) is 61.9 cm³/mol. The summed E-state index contributed by atoms with van der Waals surface area (Å²) >= 11 is 0. The van der Waals surface area contributed by atoms with Gasteiger partial charge in [-0.2, -0.15) is 0 Å². The number of esters is 1. The maximum atomic E-state index is 10.5. The van der Waals surface area contributed by atoms with Gasteiger partial charge in [-0.3, -0.25) is 10.1 Å². The van der Waals surface area contributed by atoms with Gasteiger partial charge in [0.15, 0.2) is 0 Å². The molecule has 4 nitrogen and oxygen atoms in total. The number of hydrogen-bond acceptors (Lipinski definition) is 4. The molecule has 4 heteroatoms. The second-order valence-electron chi connectivity index (χ2n) is 4.15. The smallest absolute Gasteiger partial charge is 0.302 e. The molecular weight excluding hydrogens is 208 g/mol. The van der Waals surface area contributed by atoms with E-state index in [4.69, 9.17) is 9.99 Å². The van der Waals surface area contributed by atoms with Crippen LogP contribution < -0.4 is 0 Å². The Morgan fingerprint density at radius 1 is 1.38 bits per heavy atom. The highest BCUT2D eigenvalue weighted by molar-refractivity contribution is 5.66. The van der Waals surface area contributed by atoms with Gasteiger partial charge in [0.05, 0.1) is 0 Å². The van der Waals surface area contributed by atoms with Gasteiger partial charge < -0.3 is 4.74 Å². The van der Waals surface area contributed by atoms with Gasteiger partial charge in [-0.1, -0.05) is 17.7 Å². The Labute approximate surface area is 96.5 Å². The molecule has 0 aromatic heterocycles. The number of allylic oxidation sites excluding steroid dienone is 2. The van der Waals surface area contributed by atoms with Crippen LogP contribution in [0.4, 0.5) is 0 Å². The van der Waals surface area contributed by atoms with Crippen LogP contribution in [0.15, 0.2) is 23.8 Å². The molecule has 92 valence electrons. The Morgan fingerprint density at radius 3 is 2.50 bits per heavy atom. The zero-order chi connectivity index (χ0) is 12.6. The maximum absolute atomic E-state index is 10.5. The summed E-state index contributed by atoms with van der Waals surface area (Å²) in [5.41, 5.74) is 0.419. The number of ether oxygens (including phenoxy) is 1. The molecule has 0 bridgehead atoms. The topological polar surface area (TPSA) is 55.8 Å². The fraction of sp³-hybridized carbons (Fsp3) is 0.583. The molecule has 0 radical (unpaired) electrons. The van der Waals surface area contributed by atoms with E-state index in [1.807, 2.05) is 19.1 Å². The minimum absolute atomic E-state index is 0.283. The first-order chi connectivity index (χ1) is 7.37. The summed E-state index contributed by atoms with van der Waals surface area (Å²) in [4.78, 5) is 14.8. The lowest BCUT2D eigenvalue weighted by molar-refractivity contribution is -0.297. The van der Waals surface area contributed by atoms with E-state index in [1.54, 1.807) is 19.9 Å². The molecule has 1 N–H and O–H groups in total. The molecule has 0 aliphatic rings. The first kappa shape index (κ1) is 14.9. The van der Waals surface area contributed by atoms with Crippen molar-refractivity contribution >= 4 is 5.97 Å². The number of carbonyl (C=O) groups excluding carboxylic acids is 1. The van der Waals surface area contributed by atoms with Gasteiger partial charge >= 0.3 is 5.97 Å². The van der Waals surface area contributed by atoms with Crippen molar-refractivity contribution in [2.45, 2.75) is 39.7 Å². The van der Waals surface area contributed by atoms with E-state index in [0.717, 1.165) is 12.0 Å². The van der Waals surface area contributed by atoms with Crippen LogP contribution in [0, 0.1) is 0 Å². The third kappa shape index (κ3) is 8.20. The second-order valence-corrected chi connectivity index (χ2v) is 4.15. The van der Waals surface area contributed by atoms with Crippen LogP contribution in [0.1, 0.15) is 34.1 Å². The lowest BCUT2D eigenvalue weighted by atomic mass is 10.1. The van der Waals surface area contributed by atoms with Crippen molar-refractivity contribution in [3.63, 3.8) is 0 Å². The Bertz CT molecular complexity index is 277. The molecule has 0 unspecified atom stereocenters. The van der Waals surface area contributed by atoms with Crippen molar-refractivity contribution in [2.75, 3.05) is 6.61 Å². The largest absolute Gasteiger partial charge is 0.462 e. The zero-order valence-corrected chi connectivity index (χ0v) is 10.3. The first-order valence-electron chi connectivity index (χ1n) is 5.16. The fourth-order valence-corrected chi connectivity index (χ4v) is 0.944. The fourth-order valence-electron chi connectivity index (χ4n) is 0.944. The predicted octanol–water partition coefficient (Wildman–Crippen LogP) is 2.71. The molecule has 0 aromatic rings. The molecule has 0 rings (SSSR count). The van der Waals surface area contributed by atoms with Crippen molar-refractivity contribution in [1.82, 2.24) is 0 Å². The highest BCUT2D eigenvalue weighted by atomic mass is 17.1. The summed E-state index contributed by atoms with van der Waals surface area (Å²) in [5, 5.41) is 8.54. The lowest BCUT2D eigenvalue weighted by Crippen LogP contribution is -2.18. The molecule has 0 atom stereocenters. The van der Waals surface area contributed by atoms with Crippen molar-refractivity contribution in [3.05, 3.63) is 23.8 Å². The van der Waals surface area contributed by atoms with E-state index >= 15 is 0 Å². The Kier molecular flexibility index (Phi) is 6.69. The van der Waals surface area contributed by atoms with Crippen LogP contribution in [0.2, 0.25) is 0 Å². The van der Waals surface area contributed by atoms with Crippen molar-refractivity contribution in [2.24, 2.45) is 0 Å². The molecule has 0 spiro atoms. The Morgan fingerprint density at radius 2 is 2.00 bits per heavy atom. The van der Waals surface area contributed by atoms with Crippen LogP contribution in [0.5, 0.6) is 0 Å². The van der Waals surface area contributed by atoms with Crippen molar-refractivity contribution < 1.29 is 19.7 Å². The standard InChI is InChI=1S/C12H20O4/c1-10(7-9-15-11(2)13)6-5-8-12(3,4)16-14/h5,7-8,14H,6,9H2,1-4H3. The van der Waals surface area contributed by atoms with Crippen LogP contribution in [-0.2, 0) is 14.4 Å². The van der Waals surface area contributed by atoms with E-state index in [2.05, 4.69) is 4.89 Å². The quantitative estimate of drug-likeness (QED) is 0.329. The van der Waals surface area contributed by atoms with Gasteiger partial charge in [-0.15, -0.1) is 0 Å². The molecule has 0 saturated heterocycles. The van der Waals surface area contributed by atoms with Gasteiger partial charge in [0.25, 0.3) is 0 Å². The summed E-state index contributed by atoms with van der Waals surface area (Å²) in [7, 11) is 0. The van der Waals surface area contributed by atoms with Crippen LogP contribution in [-0.4, -0.2) is 23.4 Å². The van der Waals surface area contributed by atoms with E-state index < -0.39 is 5.60 Å². The summed E-state index contributed by atoms with van der Waals surface area (Å²) in [5.74, 6) is -0.283. The van der Waals surface area contributed by atoms with Gasteiger partial charge in [-0.05, 0) is 33.3 Å². The summed E-state index contributed by atoms with van der Waals surface area (Å²) < 4.78 is 4.78. The molecule has 0 aliphatic heterocycles. The Hall–Kier alpha value is -1.13. The molecule has 0 amide bonds. The van der Waals surface area contributed by atoms with Gasteiger partial charge in [0, 0.05) is 6.92 Å². The Balaban J connectivity index is 3.97. The van der Waals surface area contributed by atoms with E-state index in [1.165, 1.54) is 6.92 Å². The monoisotopic (exact) mass is 228 g/mol. The SMILES string of the molecule is CC(=O)OCC=C(C)CC=CC(C)(C)OO. The molecule has 0 saturated carbocycles. The molecule has 0 aliphatic carbocycles. The van der Waals surface area contributed by atoms with Gasteiger partial charge in [0.1, 0.15) is 12.2 Å². The first-order valence-corrected chi connectivity index (χ1v) is 5.16. The van der Waals surface area contributed by atoms with Gasteiger partial charge in [-0.25, -0.2) is 4.89 Å². The average Bonchev–Trinajstić information content (AvgIpc) is 2.17. The number of carbonyl (C=O) groups is 1. The van der Waals surface area contributed by atoms with E-state index in [0.29, 0.717) is 6.61 Å². The zero-order valence-electron chi connectivity index (χ0n) is 10.3. The third-order valence-corrected chi connectivity index (χ3v) is 1.91. The van der Waals surface area contributed by atoms with Crippen molar-refractivity contribution in [3.8, 4) is 0 Å². The second kappa shape index (κ2) is 7.19. The van der Waals surface area contributed by atoms with Crippen LogP contribution in [0.3, 0.4) is 0 Å². The minimum Gasteiger partial charge on any atom is -0.462 e. The third-order valence-electron chi connectivity index (χ3n) is 1.91. The number of rotatable bonds is 6. The van der Waals surface area contributed by atoms with E-state index in [-0.39, 0.29) is 5.97 Å². The van der Waals surface area contributed by atoms with Crippen molar-refractivity contribution in [1.29, 1.82) is 0 Å². The molecule has 16 heavy (non-hydrogen) atoms. The highest BCUT2D eigenvalue weighted by Gasteiger charge is 2.12. The lowest BCUT2D eigenvalue weighted by Gasteiger charge is -2.14. The highest BCUT2D eigenvalue weighted by Crippen LogP contribution is 2.11. The summed E-state index contributed by atoms with van der Waals surface area (Å²) in [6.45, 7) is 7.13. The minimum atomic E-state index is -0.670. The van der Waals surface area contributed by atoms with E-state index in [9.17, 15) is 4.79 Å². The average molecular weight is 228 g/mol. The summed E-state index contributed by atoms with van der Waals surface area (Å²) in [6, 6.07) is 0. The number of hydrogen-bond donors (Lipinski definition) is 1.